The standard InChI is InChI=1S/C16H21N3OS/c1-3-21-9-8-11(2)18-16(20)14-10-12-6-4-5-7-13(12)15(17)19-14/h4-7,10-11H,3,8-9H2,1-2H3,(H2,17,19)(H,18,20). The first-order valence-corrected chi connectivity index (χ1v) is 8.31. The third kappa shape index (κ3) is 4.11. The van der Waals surface area contributed by atoms with Crippen LogP contribution in [-0.4, -0.2) is 28.4 Å². The number of nitrogen functional groups attached to an aromatic ring is 1. The average Bonchev–Trinajstić information content (AvgIpc) is 2.47. The van der Waals surface area contributed by atoms with Crippen molar-refractivity contribution in [3.05, 3.63) is 36.0 Å². The van der Waals surface area contributed by atoms with Gasteiger partial charge in [-0.2, -0.15) is 11.8 Å². The Labute approximate surface area is 129 Å². The van der Waals surface area contributed by atoms with Gasteiger partial charge in [0.1, 0.15) is 11.5 Å². The van der Waals surface area contributed by atoms with Crippen molar-refractivity contribution >= 4 is 34.3 Å². The maximum absolute atomic E-state index is 12.2. The lowest BCUT2D eigenvalue weighted by Gasteiger charge is -2.13. The zero-order valence-electron chi connectivity index (χ0n) is 12.4. The van der Waals surface area contributed by atoms with Crippen molar-refractivity contribution in [1.29, 1.82) is 0 Å². The van der Waals surface area contributed by atoms with E-state index in [1.54, 1.807) is 6.07 Å². The summed E-state index contributed by atoms with van der Waals surface area (Å²) in [5, 5.41) is 4.79. The molecule has 0 bridgehead atoms. The number of amides is 1. The Morgan fingerprint density at radius 3 is 2.95 bits per heavy atom. The van der Waals surface area contributed by atoms with Crippen LogP contribution >= 0.6 is 11.8 Å². The van der Waals surface area contributed by atoms with E-state index in [4.69, 9.17) is 5.73 Å². The molecule has 4 nitrogen and oxygen atoms in total. The van der Waals surface area contributed by atoms with Gasteiger partial charge in [-0.1, -0.05) is 31.2 Å². The van der Waals surface area contributed by atoms with Crippen LogP contribution in [0.15, 0.2) is 30.3 Å². The highest BCUT2D eigenvalue weighted by molar-refractivity contribution is 7.99. The lowest BCUT2D eigenvalue weighted by Crippen LogP contribution is -2.33. The van der Waals surface area contributed by atoms with E-state index in [2.05, 4.69) is 17.2 Å². The molecule has 0 spiro atoms. The molecule has 3 N–H and O–H groups in total. The summed E-state index contributed by atoms with van der Waals surface area (Å²) in [6.45, 7) is 4.15. The highest BCUT2D eigenvalue weighted by Crippen LogP contribution is 2.20. The molecule has 1 unspecified atom stereocenters. The molecule has 0 aliphatic rings. The van der Waals surface area contributed by atoms with Gasteiger partial charge in [0.2, 0.25) is 0 Å². The molecule has 5 heteroatoms. The summed E-state index contributed by atoms with van der Waals surface area (Å²) in [4.78, 5) is 16.5. The predicted molar refractivity (Wildman–Crippen MR) is 90.7 cm³/mol. The van der Waals surface area contributed by atoms with E-state index in [0.29, 0.717) is 11.5 Å². The largest absolute Gasteiger partial charge is 0.383 e. The first kappa shape index (κ1) is 15.6. The third-order valence-corrected chi connectivity index (χ3v) is 4.21. The number of rotatable bonds is 6. The van der Waals surface area contributed by atoms with Crippen LogP contribution in [0.2, 0.25) is 0 Å². The molecule has 1 aromatic carbocycles. The number of thioether (sulfide) groups is 1. The predicted octanol–water partition coefficient (Wildman–Crippen LogP) is 3.08. The average molecular weight is 303 g/mol. The molecule has 1 heterocycles. The van der Waals surface area contributed by atoms with Crippen molar-refractivity contribution in [3.8, 4) is 0 Å². The maximum atomic E-state index is 12.2. The summed E-state index contributed by atoms with van der Waals surface area (Å²) in [7, 11) is 0. The number of benzene rings is 1. The lowest BCUT2D eigenvalue weighted by molar-refractivity contribution is 0.0935. The summed E-state index contributed by atoms with van der Waals surface area (Å²) in [6, 6.07) is 9.59. The first-order valence-electron chi connectivity index (χ1n) is 7.15. The van der Waals surface area contributed by atoms with Crippen molar-refractivity contribution in [3.63, 3.8) is 0 Å². The number of hydrogen-bond acceptors (Lipinski definition) is 4. The normalized spacial score (nSPS) is 12.3. The highest BCUT2D eigenvalue weighted by Gasteiger charge is 2.13. The van der Waals surface area contributed by atoms with Gasteiger partial charge in [-0.15, -0.1) is 0 Å². The minimum atomic E-state index is -0.165. The lowest BCUT2D eigenvalue weighted by atomic mass is 10.1. The Balaban J connectivity index is 2.09. The van der Waals surface area contributed by atoms with Crippen molar-refractivity contribution in [2.24, 2.45) is 0 Å². The van der Waals surface area contributed by atoms with Crippen LogP contribution in [0.4, 0.5) is 5.82 Å². The zero-order valence-corrected chi connectivity index (χ0v) is 13.2. The molecule has 21 heavy (non-hydrogen) atoms. The fourth-order valence-corrected chi connectivity index (χ4v) is 2.93. The summed E-state index contributed by atoms with van der Waals surface area (Å²) in [5.41, 5.74) is 6.31. The van der Waals surface area contributed by atoms with Gasteiger partial charge in [0, 0.05) is 11.4 Å². The third-order valence-electron chi connectivity index (χ3n) is 3.28. The molecule has 1 aromatic heterocycles. The maximum Gasteiger partial charge on any atom is 0.270 e. The molecule has 0 saturated carbocycles. The number of carbonyl (C=O) groups is 1. The number of hydrogen-bond donors (Lipinski definition) is 2. The second-order valence-electron chi connectivity index (χ2n) is 4.97. The second-order valence-corrected chi connectivity index (χ2v) is 6.37. The molecular weight excluding hydrogens is 282 g/mol. The second kappa shape index (κ2) is 7.31. The summed E-state index contributed by atoms with van der Waals surface area (Å²) < 4.78 is 0. The van der Waals surface area contributed by atoms with Crippen LogP contribution in [0.1, 0.15) is 30.8 Å². The molecule has 0 aliphatic carbocycles. The highest BCUT2D eigenvalue weighted by atomic mass is 32.2. The number of pyridine rings is 1. The van der Waals surface area contributed by atoms with Gasteiger partial charge in [0.25, 0.3) is 5.91 Å². The monoisotopic (exact) mass is 303 g/mol. The van der Waals surface area contributed by atoms with E-state index in [9.17, 15) is 4.79 Å². The van der Waals surface area contributed by atoms with Crippen LogP contribution in [0.25, 0.3) is 10.8 Å². The Bertz CT molecular complexity index is 630. The van der Waals surface area contributed by atoms with Gasteiger partial charge in [-0.3, -0.25) is 4.79 Å². The van der Waals surface area contributed by atoms with Gasteiger partial charge < -0.3 is 11.1 Å². The van der Waals surface area contributed by atoms with Crippen LogP contribution in [0, 0.1) is 0 Å². The van der Waals surface area contributed by atoms with Crippen LogP contribution in [-0.2, 0) is 0 Å². The number of anilines is 1. The topological polar surface area (TPSA) is 68.0 Å². The Morgan fingerprint density at radius 1 is 1.43 bits per heavy atom. The van der Waals surface area contributed by atoms with E-state index in [1.165, 1.54) is 0 Å². The van der Waals surface area contributed by atoms with Crippen LogP contribution in [0.3, 0.4) is 0 Å². The number of fused-ring (bicyclic) bond motifs is 1. The molecule has 112 valence electrons. The summed E-state index contributed by atoms with van der Waals surface area (Å²) >= 11 is 1.88. The van der Waals surface area contributed by atoms with Gasteiger partial charge >= 0.3 is 0 Å². The quantitative estimate of drug-likeness (QED) is 0.805. The number of nitrogens with two attached hydrogens (primary N) is 1. The Hall–Kier alpha value is -1.75. The number of carbonyl (C=O) groups excluding carboxylic acids is 1. The summed E-state index contributed by atoms with van der Waals surface area (Å²) in [6.07, 6.45) is 0.952. The molecular formula is C16H21N3OS. The number of nitrogens with one attached hydrogen (secondary N) is 1. The van der Waals surface area contributed by atoms with Gasteiger partial charge in [-0.25, -0.2) is 4.98 Å². The van der Waals surface area contributed by atoms with E-state index in [1.807, 2.05) is 43.0 Å². The fraction of sp³-hybridized carbons (Fsp3) is 0.375. The Morgan fingerprint density at radius 2 is 2.19 bits per heavy atom. The summed E-state index contributed by atoms with van der Waals surface area (Å²) in [5.74, 6) is 2.38. The van der Waals surface area contributed by atoms with Crippen molar-refractivity contribution in [2.45, 2.75) is 26.3 Å². The van der Waals surface area contributed by atoms with Crippen LogP contribution < -0.4 is 11.1 Å². The smallest absolute Gasteiger partial charge is 0.270 e. The molecule has 0 fully saturated rings. The Kier molecular flexibility index (Phi) is 5.44. The molecule has 0 aliphatic heterocycles. The van der Waals surface area contributed by atoms with Crippen molar-refractivity contribution in [2.75, 3.05) is 17.2 Å². The van der Waals surface area contributed by atoms with E-state index < -0.39 is 0 Å². The van der Waals surface area contributed by atoms with Gasteiger partial charge in [0.05, 0.1) is 0 Å². The molecule has 1 amide bonds. The number of aromatic nitrogens is 1. The first-order chi connectivity index (χ1) is 10.1. The van der Waals surface area contributed by atoms with E-state index in [-0.39, 0.29) is 11.9 Å². The fourth-order valence-electron chi connectivity index (χ4n) is 2.12. The van der Waals surface area contributed by atoms with Crippen molar-refractivity contribution in [1.82, 2.24) is 10.3 Å². The number of nitrogens with zero attached hydrogens (tertiary/aromatic N) is 1. The molecule has 0 saturated heterocycles. The van der Waals surface area contributed by atoms with Crippen molar-refractivity contribution < 1.29 is 4.79 Å². The minimum absolute atomic E-state index is 0.131. The van der Waals surface area contributed by atoms with Crippen LogP contribution in [0.5, 0.6) is 0 Å². The molecule has 2 aromatic rings. The molecule has 2 rings (SSSR count). The van der Waals surface area contributed by atoms with E-state index in [0.717, 1.165) is 28.7 Å². The SMILES string of the molecule is CCSCCC(C)NC(=O)c1cc2ccccc2c(N)n1. The molecule has 1 atom stereocenters. The molecule has 0 radical (unpaired) electrons. The van der Waals surface area contributed by atoms with Gasteiger partial charge in [0.15, 0.2) is 0 Å². The zero-order chi connectivity index (χ0) is 15.2. The minimum Gasteiger partial charge on any atom is -0.383 e. The van der Waals surface area contributed by atoms with E-state index >= 15 is 0 Å². The van der Waals surface area contributed by atoms with Gasteiger partial charge in [-0.05, 0) is 36.3 Å².